The van der Waals surface area contributed by atoms with Gasteiger partial charge in [0.15, 0.2) is 5.78 Å². The molecule has 0 N–H and O–H groups in total. The topological polar surface area (TPSA) is 69.0 Å². The molecule has 2 unspecified atom stereocenters. The highest BCUT2D eigenvalue weighted by Crippen LogP contribution is 2.79. The molecule has 4 aliphatic carbocycles. The Morgan fingerprint density at radius 1 is 1.06 bits per heavy atom. The van der Waals surface area contributed by atoms with Crippen LogP contribution in [0.25, 0.3) is 0 Å². The van der Waals surface area contributed by atoms with Gasteiger partial charge in [0.05, 0.1) is 6.10 Å². The highest BCUT2D eigenvalue weighted by molar-refractivity contribution is 5.92. The maximum atomic E-state index is 12.4. The lowest BCUT2D eigenvalue weighted by Gasteiger charge is -2.58. The maximum Gasteiger partial charge on any atom is 0.306 e. The monoisotopic (exact) mass is 436 g/mol. The minimum absolute atomic E-state index is 0.0368. The van der Waals surface area contributed by atoms with Gasteiger partial charge in [0.2, 0.25) is 0 Å². The quantitative estimate of drug-likeness (QED) is 0.457. The van der Waals surface area contributed by atoms with E-state index in [9.17, 15) is 9.59 Å². The standard InChI is InChI=1S/C27H32O5/c1-15-4-5-20(30-15)18-13-16-12-17(28)6-9-24(16,2)27-21(31-27)14-25(3)19(23(18)27)7-10-26(25)11-8-22(29)32-26/h4-5,12,18-19,21,23H,6-11,13-14H2,1-3H3/t18-,19-,21+,23-,24?,25-,26+,27?/m0/s1. The first-order valence-corrected chi connectivity index (χ1v) is 12.4. The number of fused-ring (bicyclic) bond motifs is 4. The minimum Gasteiger partial charge on any atom is -0.466 e. The van der Waals surface area contributed by atoms with E-state index in [1.807, 2.05) is 13.0 Å². The number of rotatable bonds is 1. The van der Waals surface area contributed by atoms with Crippen LogP contribution in [0.5, 0.6) is 0 Å². The zero-order valence-electron chi connectivity index (χ0n) is 19.2. The van der Waals surface area contributed by atoms with E-state index in [1.165, 1.54) is 5.57 Å². The lowest BCUT2D eigenvalue weighted by molar-refractivity contribution is -0.165. The van der Waals surface area contributed by atoms with Crippen molar-refractivity contribution in [3.63, 3.8) is 0 Å². The number of epoxide rings is 1. The van der Waals surface area contributed by atoms with Crippen LogP contribution in [-0.2, 0) is 19.1 Å². The van der Waals surface area contributed by atoms with Gasteiger partial charge in [-0.05, 0) is 69.6 Å². The summed E-state index contributed by atoms with van der Waals surface area (Å²) in [5, 5.41) is 0. The van der Waals surface area contributed by atoms with Gasteiger partial charge in [0.25, 0.3) is 0 Å². The van der Waals surface area contributed by atoms with E-state index in [0.717, 1.165) is 50.0 Å². The molecule has 3 saturated carbocycles. The summed E-state index contributed by atoms with van der Waals surface area (Å²) in [5.41, 5.74) is 0.515. The van der Waals surface area contributed by atoms with E-state index in [2.05, 4.69) is 26.0 Å². The molecule has 2 aliphatic heterocycles. The molecule has 8 atom stereocenters. The van der Waals surface area contributed by atoms with Crippen molar-refractivity contribution in [3.05, 3.63) is 35.3 Å². The molecule has 6 aliphatic rings. The first-order chi connectivity index (χ1) is 15.2. The summed E-state index contributed by atoms with van der Waals surface area (Å²) in [6.45, 7) is 6.72. The first-order valence-electron chi connectivity index (χ1n) is 12.4. The summed E-state index contributed by atoms with van der Waals surface area (Å²) in [6, 6.07) is 4.18. The van der Waals surface area contributed by atoms with Crippen molar-refractivity contribution in [1.29, 1.82) is 0 Å². The van der Waals surface area contributed by atoms with Crippen molar-refractivity contribution in [2.24, 2.45) is 22.7 Å². The van der Waals surface area contributed by atoms with E-state index in [0.29, 0.717) is 24.7 Å². The molecule has 170 valence electrons. The van der Waals surface area contributed by atoms with Crippen LogP contribution in [0.15, 0.2) is 28.2 Å². The SMILES string of the molecule is Cc1ccc([C@@H]2CC3=CC(=O)CCC3(C)C34O[C@@H]3C[C@@]3(C)[C@@H](CC[C@@]35CCC(=O)O5)[C@H]24)o1. The largest absolute Gasteiger partial charge is 0.466 e. The van der Waals surface area contributed by atoms with E-state index in [-0.39, 0.29) is 45.8 Å². The van der Waals surface area contributed by atoms with Gasteiger partial charge < -0.3 is 13.9 Å². The first kappa shape index (κ1) is 19.6. The van der Waals surface area contributed by atoms with E-state index in [4.69, 9.17) is 13.9 Å². The Labute approximate surface area is 188 Å². The fraction of sp³-hybridized carbons (Fsp3) is 0.704. The Hall–Kier alpha value is -1.88. The molecule has 0 bridgehead atoms. The molecule has 0 aromatic carbocycles. The second kappa shape index (κ2) is 5.78. The Kier molecular flexibility index (Phi) is 3.54. The fourth-order valence-electron chi connectivity index (χ4n) is 9.23. The summed E-state index contributed by atoms with van der Waals surface area (Å²) in [7, 11) is 0. The van der Waals surface area contributed by atoms with Gasteiger partial charge in [0.1, 0.15) is 22.7 Å². The maximum absolute atomic E-state index is 12.4. The summed E-state index contributed by atoms with van der Waals surface area (Å²) in [6.07, 6.45) is 8.78. The van der Waals surface area contributed by atoms with Crippen LogP contribution >= 0.6 is 0 Å². The zero-order valence-corrected chi connectivity index (χ0v) is 19.2. The van der Waals surface area contributed by atoms with Crippen LogP contribution in [0.3, 0.4) is 0 Å². The second-order valence-electron chi connectivity index (χ2n) is 11.9. The predicted octanol–water partition coefficient (Wildman–Crippen LogP) is 5.02. The number of ketones is 1. The Morgan fingerprint density at radius 3 is 2.62 bits per heavy atom. The van der Waals surface area contributed by atoms with Gasteiger partial charge in [-0.2, -0.15) is 0 Å². The number of ether oxygens (including phenoxy) is 2. The third-order valence-corrected chi connectivity index (χ3v) is 10.8. The van der Waals surface area contributed by atoms with Crippen LogP contribution in [0.1, 0.15) is 82.7 Å². The van der Waals surface area contributed by atoms with Crippen LogP contribution in [0.2, 0.25) is 0 Å². The molecular formula is C27H32O5. The summed E-state index contributed by atoms with van der Waals surface area (Å²) in [4.78, 5) is 24.7. The van der Waals surface area contributed by atoms with Crippen molar-refractivity contribution >= 4 is 11.8 Å². The molecule has 32 heavy (non-hydrogen) atoms. The molecule has 5 heteroatoms. The molecule has 3 heterocycles. The highest BCUT2D eigenvalue weighted by Gasteiger charge is 2.83. The summed E-state index contributed by atoms with van der Waals surface area (Å²) >= 11 is 0. The normalized spacial score (nSPS) is 50.9. The number of carbonyl (C=O) groups excluding carboxylic acids is 2. The summed E-state index contributed by atoms with van der Waals surface area (Å²) < 4.78 is 19.2. The third-order valence-electron chi connectivity index (χ3n) is 10.8. The third kappa shape index (κ3) is 2.06. The average molecular weight is 437 g/mol. The van der Waals surface area contributed by atoms with Crippen molar-refractivity contribution in [3.8, 4) is 0 Å². The number of carbonyl (C=O) groups is 2. The van der Waals surface area contributed by atoms with E-state index < -0.39 is 0 Å². The van der Waals surface area contributed by atoms with E-state index in [1.54, 1.807) is 0 Å². The minimum atomic E-state index is -0.337. The molecule has 0 radical (unpaired) electrons. The van der Waals surface area contributed by atoms with Gasteiger partial charge in [-0.25, -0.2) is 0 Å². The van der Waals surface area contributed by atoms with Crippen molar-refractivity contribution in [2.45, 2.75) is 95.4 Å². The van der Waals surface area contributed by atoms with Crippen LogP contribution in [-0.4, -0.2) is 29.1 Å². The van der Waals surface area contributed by atoms with Gasteiger partial charge >= 0.3 is 5.97 Å². The Morgan fingerprint density at radius 2 is 1.91 bits per heavy atom. The van der Waals surface area contributed by atoms with Crippen LogP contribution < -0.4 is 0 Å². The average Bonchev–Trinajstić information content (AvgIpc) is 3.00. The molecule has 0 amide bonds. The predicted molar refractivity (Wildman–Crippen MR) is 116 cm³/mol. The smallest absolute Gasteiger partial charge is 0.306 e. The molecule has 7 rings (SSSR count). The van der Waals surface area contributed by atoms with Gasteiger partial charge in [-0.3, -0.25) is 9.59 Å². The lowest BCUT2D eigenvalue weighted by Crippen LogP contribution is -2.61. The summed E-state index contributed by atoms with van der Waals surface area (Å²) in [5.74, 6) is 3.08. The molecule has 2 spiro atoms. The Balaban J connectivity index is 1.40. The van der Waals surface area contributed by atoms with E-state index >= 15 is 0 Å². The van der Waals surface area contributed by atoms with Crippen LogP contribution in [0, 0.1) is 29.6 Å². The fourth-order valence-corrected chi connectivity index (χ4v) is 9.23. The second-order valence-corrected chi connectivity index (χ2v) is 11.9. The number of hydrogen-bond acceptors (Lipinski definition) is 5. The van der Waals surface area contributed by atoms with Gasteiger partial charge in [-0.1, -0.05) is 19.4 Å². The molecule has 1 aromatic rings. The number of aryl methyl sites for hydroxylation is 1. The molecular weight excluding hydrogens is 404 g/mol. The molecule has 2 saturated heterocycles. The van der Waals surface area contributed by atoms with Crippen LogP contribution in [0.4, 0.5) is 0 Å². The molecule has 5 fully saturated rings. The lowest BCUT2D eigenvalue weighted by atomic mass is 9.43. The highest BCUT2D eigenvalue weighted by atomic mass is 16.6. The number of hydrogen-bond donors (Lipinski definition) is 0. The Bertz CT molecular complexity index is 1080. The van der Waals surface area contributed by atoms with Gasteiger partial charge in [0, 0.05) is 35.5 Å². The van der Waals surface area contributed by atoms with Gasteiger partial charge in [-0.15, -0.1) is 0 Å². The molecule has 5 nitrogen and oxygen atoms in total. The van der Waals surface area contributed by atoms with Crippen molar-refractivity contribution in [2.75, 3.05) is 0 Å². The number of furan rings is 1. The molecule has 1 aromatic heterocycles. The van der Waals surface area contributed by atoms with Crippen molar-refractivity contribution in [1.82, 2.24) is 0 Å². The van der Waals surface area contributed by atoms with Crippen molar-refractivity contribution < 1.29 is 23.5 Å². The number of esters is 1. The zero-order chi connectivity index (χ0) is 22.1.